The van der Waals surface area contributed by atoms with E-state index in [1.807, 2.05) is 36.9 Å². The molecule has 8 nitrogen and oxygen atoms in total. The van der Waals surface area contributed by atoms with Gasteiger partial charge in [0.15, 0.2) is 0 Å². The zero-order valence-electron chi connectivity index (χ0n) is 18.8. The Kier molecular flexibility index (Phi) is 7.47. The van der Waals surface area contributed by atoms with Crippen molar-refractivity contribution in [2.75, 3.05) is 45.9 Å². The molecule has 0 radical (unpaired) electrons. The summed E-state index contributed by atoms with van der Waals surface area (Å²) in [5, 5.41) is 32.7. The zero-order valence-corrected chi connectivity index (χ0v) is 18.8. The van der Waals surface area contributed by atoms with Crippen LogP contribution in [0.1, 0.15) is 37.3 Å². The second-order valence-corrected chi connectivity index (χ2v) is 9.14. The van der Waals surface area contributed by atoms with E-state index in [2.05, 4.69) is 0 Å². The predicted octanol–water partition coefficient (Wildman–Crippen LogP) is 1.46. The van der Waals surface area contributed by atoms with Crippen molar-refractivity contribution in [3.8, 4) is 5.75 Å². The van der Waals surface area contributed by atoms with E-state index < -0.39 is 17.3 Å². The zero-order chi connectivity index (χ0) is 22.6. The van der Waals surface area contributed by atoms with Crippen molar-refractivity contribution in [1.82, 2.24) is 9.80 Å². The highest BCUT2D eigenvalue weighted by atomic mass is 16.6. The Hall–Kier alpha value is -1.87. The summed E-state index contributed by atoms with van der Waals surface area (Å²) >= 11 is 0. The van der Waals surface area contributed by atoms with Gasteiger partial charge in [-0.3, -0.25) is 4.90 Å². The fourth-order valence-corrected chi connectivity index (χ4v) is 4.54. The number of β-amino-alcohol motifs (C(OH)–C–C–N with tert-alkyl or cyclic N) is 2. The van der Waals surface area contributed by atoms with Crippen molar-refractivity contribution < 1.29 is 29.6 Å². The number of hydrogen-bond donors (Lipinski definition) is 3. The number of rotatable bonds is 6. The first kappa shape index (κ1) is 23.8. The number of carbonyl (C=O) groups excluding carboxylic acids is 1. The summed E-state index contributed by atoms with van der Waals surface area (Å²) in [5.74, 6) is 0.667. The number of nitrogens with zero attached hydrogens (tertiary/aromatic N) is 2. The highest BCUT2D eigenvalue weighted by Crippen LogP contribution is 2.29. The number of aliphatic hydroxyl groups is 3. The normalized spacial score (nSPS) is 26.5. The molecule has 31 heavy (non-hydrogen) atoms. The number of aliphatic hydroxyl groups excluding tert-OH is 1. The minimum Gasteiger partial charge on any atom is -0.490 e. The molecule has 1 aromatic carbocycles. The molecule has 1 amide bonds. The molecular formula is C23H36N2O6. The lowest BCUT2D eigenvalue weighted by Crippen LogP contribution is -2.62. The van der Waals surface area contributed by atoms with Gasteiger partial charge < -0.3 is 29.7 Å². The van der Waals surface area contributed by atoms with Gasteiger partial charge in [0.25, 0.3) is 0 Å². The van der Waals surface area contributed by atoms with E-state index in [9.17, 15) is 20.1 Å². The van der Waals surface area contributed by atoms with E-state index in [1.165, 1.54) is 0 Å². The summed E-state index contributed by atoms with van der Waals surface area (Å²) < 4.78 is 10.9. The summed E-state index contributed by atoms with van der Waals surface area (Å²) in [6, 6.07) is 5.86. The molecule has 2 aliphatic heterocycles. The van der Waals surface area contributed by atoms with Crippen molar-refractivity contribution in [1.29, 1.82) is 0 Å². The standard InChI is InChI=1S/C23H36N2O6/c1-4-30-21(27)25-9-6-22(28,7-10-25)14-24-8-5-20(26)23(29,15-24)16-31-19-12-17(2)11-18(3)13-19/h11-13,20,26,28-29H,4-10,14-16H2,1-3H3/t20-,23-/m0/s1. The van der Waals surface area contributed by atoms with Crippen LogP contribution in [-0.4, -0.2) is 94.5 Å². The number of benzene rings is 1. The Morgan fingerprint density at radius 1 is 1.13 bits per heavy atom. The van der Waals surface area contributed by atoms with E-state index in [-0.39, 0.29) is 19.2 Å². The van der Waals surface area contributed by atoms with Gasteiger partial charge in [-0.05, 0) is 63.3 Å². The number of carbonyl (C=O) groups is 1. The molecule has 8 heteroatoms. The number of likely N-dealkylation sites (tertiary alicyclic amines) is 2. The van der Waals surface area contributed by atoms with Gasteiger partial charge in [-0.2, -0.15) is 0 Å². The van der Waals surface area contributed by atoms with Crippen molar-refractivity contribution in [3.63, 3.8) is 0 Å². The Morgan fingerprint density at radius 2 is 1.77 bits per heavy atom. The summed E-state index contributed by atoms with van der Waals surface area (Å²) in [4.78, 5) is 15.5. The van der Waals surface area contributed by atoms with Crippen molar-refractivity contribution in [2.24, 2.45) is 0 Å². The molecule has 0 spiro atoms. The molecule has 174 valence electrons. The smallest absolute Gasteiger partial charge is 0.409 e. The van der Waals surface area contributed by atoms with Crippen LogP contribution in [0.3, 0.4) is 0 Å². The van der Waals surface area contributed by atoms with E-state index in [4.69, 9.17) is 9.47 Å². The summed E-state index contributed by atoms with van der Waals surface area (Å²) in [7, 11) is 0. The van der Waals surface area contributed by atoms with Crippen LogP contribution in [0.4, 0.5) is 4.79 Å². The molecule has 3 N–H and O–H groups in total. The number of piperidine rings is 2. The van der Waals surface area contributed by atoms with Crippen LogP contribution in [0.5, 0.6) is 5.75 Å². The maximum Gasteiger partial charge on any atom is 0.409 e. The van der Waals surface area contributed by atoms with E-state index in [0.717, 1.165) is 11.1 Å². The largest absolute Gasteiger partial charge is 0.490 e. The fourth-order valence-electron chi connectivity index (χ4n) is 4.54. The molecule has 0 unspecified atom stereocenters. The van der Waals surface area contributed by atoms with Gasteiger partial charge in [0, 0.05) is 32.7 Å². The van der Waals surface area contributed by atoms with E-state index in [1.54, 1.807) is 11.8 Å². The van der Waals surface area contributed by atoms with Crippen LogP contribution < -0.4 is 4.74 Å². The SMILES string of the molecule is CCOC(=O)N1CCC(O)(CN2CC[C@H](O)[C@@](O)(COc3cc(C)cc(C)c3)C2)CC1. The van der Waals surface area contributed by atoms with Crippen LogP contribution in [0.2, 0.25) is 0 Å². The Bertz CT molecular complexity index is 744. The molecule has 2 saturated heterocycles. The molecule has 1 aromatic rings. The fraction of sp³-hybridized carbons (Fsp3) is 0.696. The third-order valence-electron chi connectivity index (χ3n) is 6.26. The van der Waals surface area contributed by atoms with Crippen LogP contribution in [0.15, 0.2) is 18.2 Å². The molecule has 2 atom stereocenters. The maximum atomic E-state index is 11.9. The summed E-state index contributed by atoms with van der Waals surface area (Å²) in [5.41, 5.74) is -0.216. The number of aryl methyl sites for hydroxylation is 2. The van der Waals surface area contributed by atoms with Crippen LogP contribution in [-0.2, 0) is 4.74 Å². The lowest BCUT2D eigenvalue weighted by Gasteiger charge is -2.46. The van der Waals surface area contributed by atoms with Crippen molar-refractivity contribution in [2.45, 2.75) is 57.3 Å². The summed E-state index contributed by atoms with van der Waals surface area (Å²) in [6.07, 6.45) is 0.0566. The van der Waals surface area contributed by atoms with Crippen molar-refractivity contribution in [3.05, 3.63) is 29.3 Å². The van der Waals surface area contributed by atoms with Gasteiger partial charge in [-0.1, -0.05) is 6.07 Å². The minimum atomic E-state index is -1.42. The van der Waals surface area contributed by atoms with Gasteiger partial charge in [-0.15, -0.1) is 0 Å². The Balaban J connectivity index is 1.56. The average Bonchev–Trinajstić information content (AvgIpc) is 2.69. The second-order valence-electron chi connectivity index (χ2n) is 9.14. The molecule has 0 saturated carbocycles. The quantitative estimate of drug-likeness (QED) is 0.620. The first-order valence-corrected chi connectivity index (χ1v) is 11.1. The molecule has 3 rings (SSSR count). The Labute approximate surface area is 184 Å². The first-order chi connectivity index (χ1) is 14.6. The third-order valence-corrected chi connectivity index (χ3v) is 6.26. The molecular weight excluding hydrogens is 400 g/mol. The second kappa shape index (κ2) is 9.73. The maximum absolute atomic E-state index is 11.9. The predicted molar refractivity (Wildman–Crippen MR) is 116 cm³/mol. The molecule has 2 aliphatic rings. The number of hydrogen-bond acceptors (Lipinski definition) is 7. The van der Waals surface area contributed by atoms with Gasteiger partial charge >= 0.3 is 6.09 Å². The monoisotopic (exact) mass is 436 g/mol. The number of amides is 1. The van der Waals surface area contributed by atoms with Gasteiger partial charge in [0.2, 0.25) is 0 Å². The Morgan fingerprint density at radius 3 is 2.39 bits per heavy atom. The molecule has 2 fully saturated rings. The van der Waals surface area contributed by atoms with Gasteiger partial charge in [-0.25, -0.2) is 4.79 Å². The van der Waals surface area contributed by atoms with Crippen LogP contribution in [0.25, 0.3) is 0 Å². The topological polar surface area (TPSA) is 103 Å². The van der Waals surface area contributed by atoms with Crippen LogP contribution >= 0.6 is 0 Å². The van der Waals surface area contributed by atoms with Gasteiger partial charge in [0.1, 0.15) is 18.0 Å². The van der Waals surface area contributed by atoms with Crippen molar-refractivity contribution >= 4 is 6.09 Å². The molecule has 0 bridgehead atoms. The molecule has 0 aromatic heterocycles. The van der Waals surface area contributed by atoms with E-state index >= 15 is 0 Å². The molecule has 0 aliphatic carbocycles. The first-order valence-electron chi connectivity index (χ1n) is 11.1. The minimum absolute atomic E-state index is 0.0252. The molecule has 2 heterocycles. The van der Waals surface area contributed by atoms with Gasteiger partial charge in [0.05, 0.1) is 18.3 Å². The number of ether oxygens (including phenoxy) is 2. The highest BCUT2D eigenvalue weighted by molar-refractivity contribution is 5.67. The van der Waals surface area contributed by atoms with E-state index in [0.29, 0.717) is 57.8 Å². The summed E-state index contributed by atoms with van der Waals surface area (Å²) in [6.45, 7) is 8.09. The van der Waals surface area contributed by atoms with Crippen LogP contribution in [0, 0.1) is 13.8 Å². The third kappa shape index (κ3) is 6.10. The lowest BCUT2D eigenvalue weighted by atomic mass is 9.86. The average molecular weight is 437 g/mol. The highest BCUT2D eigenvalue weighted by Gasteiger charge is 2.44. The lowest BCUT2D eigenvalue weighted by molar-refractivity contribution is -0.150.